The van der Waals surface area contributed by atoms with E-state index in [-0.39, 0.29) is 5.57 Å². The van der Waals surface area contributed by atoms with Crippen molar-refractivity contribution in [3.63, 3.8) is 0 Å². The van der Waals surface area contributed by atoms with Gasteiger partial charge in [-0.3, -0.25) is 0 Å². The Morgan fingerprint density at radius 2 is 1.77 bits per heavy atom. The Kier molecular flexibility index (Phi) is 7.96. The van der Waals surface area contributed by atoms with Crippen molar-refractivity contribution < 1.29 is 13.9 Å². The maximum atomic E-state index is 9.88. The first-order valence-electron chi connectivity index (χ1n) is 4.08. The van der Waals surface area contributed by atoms with Crippen LogP contribution in [0.4, 0.5) is 0 Å². The first kappa shape index (κ1) is 15.0. The van der Waals surface area contributed by atoms with E-state index < -0.39 is 5.97 Å². The van der Waals surface area contributed by atoms with E-state index in [1.165, 1.54) is 0 Å². The Morgan fingerprint density at radius 1 is 1.46 bits per heavy atom. The SMILES string of the molecule is C=C(CCC)C(=O)[O-].C[N+](C)(C)Cl. The van der Waals surface area contributed by atoms with Crippen molar-refractivity contribution in [2.45, 2.75) is 19.8 Å². The van der Waals surface area contributed by atoms with Gasteiger partial charge in [-0.05, 0) is 12.0 Å². The molecule has 0 aromatic heterocycles. The third-order valence-electron chi connectivity index (χ3n) is 0.840. The Morgan fingerprint density at radius 3 is 1.85 bits per heavy atom. The maximum Gasteiger partial charge on any atom is 0.164 e. The molecule has 0 unspecified atom stereocenters. The molecule has 78 valence electrons. The number of quaternary nitrogens is 1. The number of hydrogen-bond acceptors (Lipinski definition) is 2. The van der Waals surface area contributed by atoms with Crippen molar-refractivity contribution in [1.82, 2.24) is 0 Å². The molecule has 0 N–H and O–H groups in total. The van der Waals surface area contributed by atoms with Crippen molar-refractivity contribution in [2.75, 3.05) is 21.1 Å². The Hall–Kier alpha value is -0.540. The number of carbonyl (C=O) groups is 1. The molecule has 0 bridgehead atoms. The quantitative estimate of drug-likeness (QED) is 0.511. The normalized spacial score (nSPS) is 9.92. The molecule has 0 fully saturated rings. The van der Waals surface area contributed by atoms with Gasteiger partial charge >= 0.3 is 0 Å². The fourth-order valence-corrected chi connectivity index (χ4v) is 0.404. The van der Waals surface area contributed by atoms with Gasteiger partial charge in [-0.1, -0.05) is 19.9 Å². The summed E-state index contributed by atoms with van der Waals surface area (Å²) in [6.07, 6.45) is 1.34. The lowest BCUT2D eigenvalue weighted by molar-refractivity contribution is -0.747. The summed E-state index contributed by atoms with van der Waals surface area (Å²) in [7, 11) is 5.67. The molecule has 0 amide bonds. The van der Waals surface area contributed by atoms with Gasteiger partial charge < -0.3 is 9.90 Å². The maximum absolute atomic E-state index is 9.88. The number of halogens is 1. The highest BCUT2D eigenvalue weighted by atomic mass is 35.5. The Balaban J connectivity index is 0. The molecule has 0 spiro atoms. The minimum absolute atomic E-state index is 0.188. The van der Waals surface area contributed by atoms with Crippen LogP contribution in [0.5, 0.6) is 0 Å². The fraction of sp³-hybridized carbons (Fsp3) is 0.667. The van der Waals surface area contributed by atoms with Gasteiger partial charge in [0.25, 0.3) is 0 Å². The zero-order valence-electron chi connectivity index (χ0n) is 8.76. The van der Waals surface area contributed by atoms with Crippen LogP contribution in [0.3, 0.4) is 0 Å². The molecule has 3 nitrogen and oxygen atoms in total. The molecule has 0 heterocycles. The molecule has 0 aromatic carbocycles. The largest absolute Gasteiger partial charge is 0.545 e. The van der Waals surface area contributed by atoms with E-state index >= 15 is 0 Å². The van der Waals surface area contributed by atoms with Gasteiger partial charge in [-0.2, -0.15) is 0 Å². The van der Waals surface area contributed by atoms with Gasteiger partial charge in [0, 0.05) is 0 Å². The van der Waals surface area contributed by atoms with E-state index in [1.807, 2.05) is 28.1 Å². The highest BCUT2D eigenvalue weighted by Gasteiger charge is 1.95. The van der Waals surface area contributed by atoms with Gasteiger partial charge in [0.15, 0.2) is 11.8 Å². The minimum atomic E-state index is -1.13. The summed E-state index contributed by atoms with van der Waals surface area (Å²) in [5.74, 6) is -1.13. The Bertz CT molecular complexity index is 167. The van der Waals surface area contributed by atoms with Crippen molar-refractivity contribution >= 4 is 17.7 Å². The van der Waals surface area contributed by atoms with Crippen molar-refractivity contribution in [3.05, 3.63) is 12.2 Å². The lowest BCUT2D eigenvalue weighted by Gasteiger charge is -2.07. The molecule has 4 heteroatoms. The molecule has 13 heavy (non-hydrogen) atoms. The second-order valence-corrected chi connectivity index (χ2v) is 4.50. The lowest BCUT2D eigenvalue weighted by Crippen LogP contribution is -2.23. The van der Waals surface area contributed by atoms with E-state index in [0.717, 1.165) is 6.42 Å². The van der Waals surface area contributed by atoms with E-state index in [4.69, 9.17) is 11.8 Å². The zero-order valence-corrected chi connectivity index (χ0v) is 9.52. The average molecular weight is 208 g/mol. The van der Waals surface area contributed by atoms with Crippen LogP contribution in [0, 0.1) is 0 Å². The summed E-state index contributed by atoms with van der Waals surface area (Å²) >= 11 is 5.47. The summed E-state index contributed by atoms with van der Waals surface area (Å²) in [5, 5.41) is 9.88. The van der Waals surface area contributed by atoms with E-state index in [1.54, 1.807) is 0 Å². The van der Waals surface area contributed by atoms with Crippen molar-refractivity contribution in [2.24, 2.45) is 0 Å². The van der Waals surface area contributed by atoms with Crippen molar-refractivity contribution in [3.8, 4) is 0 Å². The number of hydrogen-bond donors (Lipinski definition) is 0. The van der Waals surface area contributed by atoms with Crippen LogP contribution in [0.25, 0.3) is 0 Å². The van der Waals surface area contributed by atoms with E-state index in [0.29, 0.717) is 10.4 Å². The average Bonchev–Trinajstić information content (AvgIpc) is 1.84. The van der Waals surface area contributed by atoms with Gasteiger partial charge in [-0.15, -0.1) is 0 Å². The van der Waals surface area contributed by atoms with Crippen LogP contribution in [-0.4, -0.2) is 31.1 Å². The summed E-state index contributed by atoms with van der Waals surface area (Å²) < 4.78 is 0.472. The van der Waals surface area contributed by atoms with Crippen LogP contribution < -0.4 is 5.11 Å². The first-order chi connectivity index (χ1) is 5.68. The topological polar surface area (TPSA) is 40.1 Å². The molecule has 0 rings (SSSR count). The molecule has 0 atom stereocenters. The highest BCUT2D eigenvalue weighted by molar-refractivity contribution is 6.06. The smallest absolute Gasteiger partial charge is 0.164 e. The van der Waals surface area contributed by atoms with Crippen LogP contribution in [0.1, 0.15) is 19.8 Å². The van der Waals surface area contributed by atoms with E-state index in [9.17, 15) is 9.90 Å². The molecule has 0 radical (unpaired) electrons. The molecule has 0 aliphatic carbocycles. The van der Waals surface area contributed by atoms with E-state index in [2.05, 4.69) is 6.58 Å². The second kappa shape index (κ2) is 6.92. The summed E-state index contributed by atoms with van der Waals surface area (Å²) in [6, 6.07) is 0. The number of carbonyl (C=O) groups excluding carboxylic acids is 1. The minimum Gasteiger partial charge on any atom is -0.545 e. The fourth-order valence-electron chi connectivity index (χ4n) is 0.404. The number of carboxylic acids is 1. The van der Waals surface area contributed by atoms with Gasteiger partial charge in [0.05, 0.1) is 27.1 Å². The third kappa shape index (κ3) is 24.6. The molecule has 0 aliphatic heterocycles. The van der Waals surface area contributed by atoms with Crippen LogP contribution in [0.2, 0.25) is 0 Å². The monoisotopic (exact) mass is 207 g/mol. The molecule has 0 aromatic rings. The number of carboxylic acid groups (broad SMARTS) is 1. The molecular formula is C9H18ClNO2. The number of nitrogens with zero attached hydrogens (tertiary/aromatic N) is 1. The van der Waals surface area contributed by atoms with Crippen LogP contribution in [0.15, 0.2) is 12.2 Å². The molecule has 0 saturated heterocycles. The highest BCUT2D eigenvalue weighted by Crippen LogP contribution is 1.97. The second-order valence-electron chi connectivity index (χ2n) is 3.49. The summed E-state index contributed by atoms with van der Waals surface area (Å²) in [5.41, 5.74) is 0.188. The standard InChI is InChI=1S/C6H10O2.C3H9ClN/c1-3-4-5(2)6(7)8;1-5(2,3)4/h2-4H2,1H3,(H,7,8);1-3H3/q;+1/p-1. The first-order valence-corrected chi connectivity index (χ1v) is 4.42. The Labute approximate surface area is 85.3 Å². The predicted octanol–water partition coefficient (Wildman–Crippen LogP) is 0.939. The molecule has 0 saturated carbocycles. The van der Waals surface area contributed by atoms with Gasteiger partial charge in [-0.25, -0.2) is 4.00 Å². The van der Waals surface area contributed by atoms with Crippen LogP contribution >= 0.6 is 11.8 Å². The molecule has 0 aliphatic rings. The zero-order chi connectivity index (χ0) is 11.1. The summed E-state index contributed by atoms with van der Waals surface area (Å²) in [6.45, 7) is 5.18. The number of aliphatic carboxylic acids is 1. The van der Waals surface area contributed by atoms with Gasteiger partial charge in [0.2, 0.25) is 0 Å². The third-order valence-corrected chi connectivity index (χ3v) is 0.840. The molecular weight excluding hydrogens is 190 g/mol. The number of rotatable bonds is 3. The van der Waals surface area contributed by atoms with Gasteiger partial charge in [0.1, 0.15) is 0 Å². The lowest BCUT2D eigenvalue weighted by atomic mass is 10.2. The summed E-state index contributed by atoms with van der Waals surface area (Å²) in [4.78, 5) is 9.88. The predicted molar refractivity (Wildman–Crippen MR) is 52.9 cm³/mol. The van der Waals surface area contributed by atoms with Crippen LogP contribution in [-0.2, 0) is 4.79 Å². The van der Waals surface area contributed by atoms with Crippen molar-refractivity contribution in [1.29, 1.82) is 0 Å².